The average Bonchev–Trinajstić information content (AvgIpc) is 2.41. The highest BCUT2D eigenvalue weighted by atomic mass is 19.1. The molecule has 0 radical (unpaired) electrons. The first-order valence-corrected chi connectivity index (χ1v) is 7.02. The molecule has 2 nitrogen and oxygen atoms in total. The Morgan fingerprint density at radius 1 is 1.20 bits per heavy atom. The van der Waals surface area contributed by atoms with E-state index in [9.17, 15) is 4.39 Å². The fourth-order valence-corrected chi connectivity index (χ4v) is 2.39. The summed E-state index contributed by atoms with van der Waals surface area (Å²) in [6, 6.07) is 11.2. The maximum atomic E-state index is 13.2. The molecule has 0 aliphatic rings. The van der Waals surface area contributed by atoms with E-state index in [-0.39, 0.29) is 11.9 Å². The highest BCUT2D eigenvalue weighted by Crippen LogP contribution is 2.20. The second kappa shape index (κ2) is 6.62. The van der Waals surface area contributed by atoms with Gasteiger partial charge in [0.1, 0.15) is 5.82 Å². The average molecular weight is 272 g/mol. The lowest BCUT2D eigenvalue weighted by molar-refractivity contribution is 0.533. The Hall–Kier alpha value is -1.74. The minimum Gasteiger partial charge on any atom is -0.309 e. The molecule has 0 aliphatic carbocycles. The van der Waals surface area contributed by atoms with Gasteiger partial charge < -0.3 is 5.32 Å². The van der Waals surface area contributed by atoms with Crippen molar-refractivity contribution in [1.29, 1.82) is 0 Å². The number of halogens is 1. The van der Waals surface area contributed by atoms with Crippen LogP contribution in [0.2, 0.25) is 0 Å². The summed E-state index contributed by atoms with van der Waals surface area (Å²) in [5.41, 5.74) is 4.19. The quantitative estimate of drug-likeness (QED) is 0.897. The number of aryl methyl sites for hydroxylation is 2. The SMILES string of the molecule is CCNC(Cc1ccc(F)cc1C)c1cccc(C)n1. The Bertz CT molecular complexity index is 581. The van der Waals surface area contributed by atoms with E-state index < -0.39 is 0 Å². The minimum atomic E-state index is -0.181. The van der Waals surface area contributed by atoms with Gasteiger partial charge in [0.05, 0.1) is 11.7 Å². The Morgan fingerprint density at radius 3 is 2.65 bits per heavy atom. The summed E-state index contributed by atoms with van der Waals surface area (Å²) in [4.78, 5) is 4.60. The Morgan fingerprint density at radius 2 is 2.00 bits per heavy atom. The second-order valence-electron chi connectivity index (χ2n) is 5.09. The number of pyridine rings is 1. The molecule has 0 fully saturated rings. The maximum Gasteiger partial charge on any atom is 0.123 e. The van der Waals surface area contributed by atoms with Crippen LogP contribution >= 0.6 is 0 Å². The van der Waals surface area contributed by atoms with Gasteiger partial charge in [0.25, 0.3) is 0 Å². The van der Waals surface area contributed by atoms with Gasteiger partial charge in [0, 0.05) is 5.69 Å². The molecule has 1 aromatic heterocycles. The molecule has 1 heterocycles. The summed E-state index contributed by atoms with van der Waals surface area (Å²) in [7, 11) is 0. The summed E-state index contributed by atoms with van der Waals surface area (Å²) in [5.74, 6) is -0.181. The van der Waals surface area contributed by atoms with Crippen molar-refractivity contribution < 1.29 is 4.39 Å². The minimum absolute atomic E-state index is 0.157. The molecular formula is C17H21FN2. The number of likely N-dealkylation sites (N-methyl/N-ethyl adjacent to an activating group) is 1. The normalized spacial score (nSPS) is 12.4. The monoisotopic (exact) mass is 272 g/mol. The predicted octanol–water partition coefficient (Wildman–Crippen LogP) is 3.73. The largest absolute Gasteiger partial charge is 0.309 e. The van der Waals surface area contributed by atoms with Crippen molar-refractivity contribution in [2.24, 2.45) is 0 Å². The van der Waals surface area contributed by atoms with Crippen LogP contribution in [0, 0.1) is 19.7 Å². The highest BCUT2D eigenvalue weighted by Gasteiger charge is 2.14. The van der Waals surface area contributed by atoms with Gasteiger partial charge in [-0.2, -0.15) is 0 Å². The van der Waals surface area contributed by atoms with Gasteiger partial charge in [0.15, 0.2) is 0 Å². The standard InChI is InChI=1S/C17H21FN2/c1-4-19-17(16-7-5-6-13(3)20-16)11-14-8-9-15(18)10-12(14)2/h5-10,17,19H,4,11H2,1-3H3. The molecule has 1 atom stereocenters. The van der Waals surface area contributed by atoms with Gasteiger partial charge >= 0.3 is 0 Å². The molecular weight excluding hydrogens is 251 g/mol. The zero-order chi connectivity index (χ0) is 14.5. The van der Waals surface area contributed by atoms with Crippen LogP contribution in [0.4, 0.5) is 4.39 Å². The van der Waals surface area contributed by atoms with E-state index in [4.69, 9.17) is 0 Å². The van der Waals surface area contributed by atoms with Crippen molar-refractivity contribution in [3.63, 3.8) is 0 Å². The second-order valence-corrected chi connectivity index (χ2v) is 5.09. The molecule has 0 bridgehead atoms. The first-order valence-electron chi connectivity index (χ1n) is 7.02. The van der Waals surface area contributed by atoms with Crippen LogP contribution in [0.3, 0.4) is 0 Å². The number of benzene rings is 1. The summed E-state index contributed by atoms with van der Waals surface area (Å²) in [6.45, 7) is 6.90. The Kier molecular flexibility index (Phi) is 4.85. The third kappa shape index (κ3) is 3.64. The number of aromatic nitrogens is 1. The van der Waals surface area contributed by atoms with Crippen LogP contribution in [0.15, 0.2) is 36.4 Å². The molecule has 2 rings (SSSR count). The topological polar surface area (TPSA) is 24.9 Å². The molecule has 0 amide bonds. The van der Waals surface area contributed by atoms with Gasteiger partial charge in [-0.15, -0.1) is 0 Å². The number of hydrogen-bond donors (Lipinski definition) is 1. The van der Waals surface area contributed by atoms with E-state index in [1.165, 1.54) is 6.07 Å². The lowest BCUT2D eigenvalue weighted by atomic mass is 9.98. The molecule has 1 N–H and O–H groups in total. The van der Waals surface area contributed by atoms with Crippen molar-refractivity contribution in [2.75, 3.05) is 6.54 Å². The van der Waals surface area contributed by atoms with E-state index in [0.717, 1.165) is 35.5 Å². The third-order valence-corrected chi connectivity index (χ3v) is 3.45. The summed E-state index contributed by atoms with van der Waals surface area (Å²) < 4.78 is 13.2. The summed E-state index contributed by atoms with van der Waals surface area (Å²) >= 11 is 0. The molecule has 0 spiro atoms. The fourth-order valence-electron chi connectivity index (χ4n) is 2.39. The van der Waals surface area contributed by atoms with Gasteiger partial charge in [-0.3, -0.25) is 4.98 Å². The highest BCUT2D eigenvalue weighted by molar-refractivity contribution is 5.28. The number of nitrogens with zero attached hydrogens (tertiary/aromatic N) is 1. The molecule has 106 valence electrons. The van der Waals surface area contributed by atoms with Crippen molar-refractivity contribution in [3.8, 4) is 0 Å². The fraction of sp³-hybridized carbons (Fsp3) is 0.353. The lowest BCUT2D eigenvalue weighted by Gasteiger charge is -2.19. The van der Waals surface area contributed by atoms with Crippen molar-refractivity contribution in [1.82, 2.24) is 10.3 Å². The Labute approximate surface area is 120 Å². The van der Waals surface area contributed by atoms with Gasteiger partial charge in [-0.05, 0) is 62.2 Å². The molecule has 0 saturated carbocycles. The molecule has 0 aliphatic heterocycles. The number of nitrogens with one attached hydrogen (secondary N) is 1. The first-order chi connectivity index (χ1) is 9.60. The van der Waals surface area contributed by atoms with Crippen molar-refractivity contribution in [3.05, 3.63) is 64.7 Å². The molecule has 1 unspecified atom stereocenters. The molecule has 3 heteroatoms. The van der Waals surface area contributed by atoms with Gasteiger partial charge in [0.2, 0.25) is 0 Å². The maximum absolute atomic E-state index is 13.2. The van der Waals surface area contributed by atoms with E-state index in [1.807, 2.05) is 38.1 Å². The molecule has 0 saturated heterocycles. The van der Waals surface area contributed by atoms with Gasteiger partial charge in [-0.25, -0.2) is 4.39 Å². The molecule has 1 aromatic carbocycles. The van der Waals surface area contributed by atoms with Crippen LogP contribution in [0.1, 0.15) is 35.5 Å². The molecule has 20 heavy (non-hydrogen) atoms. The van der Waals surface area contributed by atoms with Crippen LogP contribution < -0.4 is 5.32 Å². The van der Waals surface area contributed by atoms with Crippen LogP contribution in [-0.4, -0.2) is 11.5 Å². The number of rotatable bonds is 5. The van der Waals surface area contributed by atoms with E-state index in [2.05, 4.69) is 17.2 Å². The van der Waals surface area contributed by atoms with E-state index >= 15 is 0 Å². The van der Waals surface area contributed by atoms with Crippen molar-refractivity contribution >= 4 is 0 Å². The summed E-state index contributed by atoms with van der Waals surface area (Å²) in [6.07, 6.45) is 0.816. The lowest BCUT2D eigenvalue weighted by Crippen LogP contribution is -2.24. The van der Waals surface area contributed by atoms with Crippen molar-refractivity contribution in [2.45, 2.75) is 33.2 Å². The van der Waals surface area contributed by atoms with E-state index in [0.29, 0.717) is 0 Å². The van der Waals surface area contributed by atoms with Crippen LogP contribution in [0.25, 0.3) is 0 Å². The Balaban J connectivity index is 2.25. The zero-order valence-corrected chi connectivity index (χ0v) is 12.3. The summed E-state index contributed by atoms with van der Waals surface area (Å²) in [5, 5.41) is 3.46. The number of hydrogen-bond acceptors (Lipinski definition) is 2. The van der Waals surface area contributed by atoms with Crippen LogP contribution in [0.5, 0.6) is 0 Å². The smallest absolute Gasteiger partial charge is 0.123 e. The van der Waals surface area contributed by atoms with Crippen LogP contribution in [-0.2, 0) is 6.42 Å². The van der Waals surface area contributed by atoms with Gasteiger partial charge in [-0.1, -0.05) is 19.1 Å². The third-order valence-electron chi connectivity index (χ3n) is 3.45. The predicted molar refractivity (Wildman–Crippen MR) is 80.2 cm³/mol. The first kappa shape index (κ1) is 14.7. The van der Waals surface area contributed by atoms with E-state index in [1.54, 1.807) is 6.07 Å². The molecule has 2 aromatic rings. The zero-order valence-electron chi connectivity index (χ0n) is 12.3.